The lowest BCUT2D eigenvalue weighted by molar-refractivity contribution is -0.696. The molecule has 0 N–H and O–H groups in total. The number of aryl methyl sites for hydroxylation is 3. The number of pyridine rings is 1. The van der Waals surface area contributed by atoms with E-state index in [1.807, 2.05) is 0 Å². The Bertz CT molecular complexity index is 742. The van der Waals surface area contributed by atoms with Gasteiger partial charge < -0.3 is 4.42 Å². The molecule has 0 unspecified atom stereocenters. The Morgan fingerprint density at radius 3 is 2.60 bits per heavy atom. The molecule has 0 fully saturated rings. The van der Waals surface area contributed by atoms with Crippen molar-refractivity contribution in [2.45, 2.75) is 33.7 Å². The van der Waals surface area contributed by atoms with Gasteiger partial charge in [0, 0.05) is 24.1 Å². The number of hydrogen-bond donors (Lipinski definition) is 0. The predicted octanol–water partition coefficient (Wildman–Crippen LogP) is 3.81. The van der Waals surface area contributed by atoms with Crippen LogP contribution in [0.1, 0.15) is 24.5 Å². The Labute approximate surface area is 118 Å². The van der Waals surface area contributed by atoms with Gasteiger partial charge in [0.15, 0.2) is 18.0 Å². The third-order valence-corrected chi connectivity index (χ3v) is 3.44. The summed E-state index contributed by atoms with van der Waals surface area (Å²) in [5.74, 6) is 0.692. The molecule has 102 valence electrons. The van der Waals surface area contributed by atoms with Gasteiger partial charge in [-0.1, -0.05) is 13.0 Å². The molecular formula is C17H19N2O+. The molecule has 0 amide bonds. The molecular weight excluding hydrogens is 248 g/mol. The number of aromatic nitrogens is 2. The molecule has 0 radical (unpaired) electrons. The molecule has 20 heavy (non-hydrogen) atoms. The van der Waals surface area contributed by atoms with Crippen LogP contribution in [-0.4, -0.2) is 4.98 Å². The number of nitrogens with zero attached hydrogens (tertiary/aromatic N) is 2. The van der Waals surface area contributed by atoms with Crippen LogP contribution in [0, 0.1) is 13.8 Å². The van der Waals surface area contributed by atoms with Crippen LogP contribution in [0.2, 0.25) is 0 Å². The summed E-state index contributed by atoms with van der Waals surface area (Å²) in [5.41, 5.74) is 5.18. The van der Waals surface area contributed by atoms with Crippen molar-refractivity contribution in [2.24, 2.45) is 0 Å². The highest BCUT2D eigenvalue weighted by Gasteiger charge is 2.11. The van der Waals surface area contributed by atoms with Gasteiger partial charge in [0.1, 0.15) is 12.1 Å². The quantitative estimate of drug-likeness (QED) is 0.675. The van der Waals surface area contributed by atoms with Crippen LogP contribution in [-0.2, 0) is 6.54 Å². The fraction of sp³-hybridized carbons (Fsp3) is 0.294. The van der Waals surface area contributed by atoms with Gasteiger partial charge in [0.05, 0.1) is 0 Å². The minimum absolute atomic E-state index is 0.692. The zero-order chi connectivity index (χ0) is 14.1. The minimum atomic E-state index is 0.692. The summed E-state index contributed by atoms with van der Waals surface area (Å²) in [6, 6.07) is 8.30. The Hall–Kier alpha value is -2.16. The third kappa shape index (κ3) is 2.31. The van der Waals surface area contributed by atoms with Crippen LogP contribution in [0.4, 0.5) is 0 Å². The van der Waals surface area contributed by atoms with Crippen molar-refractivity contribution in [2.75, 3.05) is 0 Å². The second kappa shape index (κ2) is 5.08. The minimum Gasteiger partial charge on any atom is -0.436 e. The topological polar surface area (TPSA) is 29.9 Å². The Morgan fingerprint density at radius 1 is 1.15 bits per heavy atom. The van der Waals surface area contributed by atoms with E-state index in [1.165, 1.54) is 5.56 Å². The van der Waals surface area contributed by atoms with E-state index in [-0.39, 0.29) is 0 Å². The molecule has 2 aromatic heterocycles. The summed E-state index contributed by atoms with van der Waals surface area (Å²) in [6.45, 7) is 7.35. The van der Waals surface area contributed by atoms with Gasteiger partial charge in [-0.15, -0.1) is 0 Å². The molecule has 2 heterocycles. The third-order valence-electron chi connectivity index (χ3n) is 3.44. The van der Waals surface area contributed by atoms with Gasteiger partial charge in [-0.25, -0.2) is 9.55 Å². The molecule has 0 atom stereocenters. The monoisotopic (exact) mass is 267 g/mol. The van der Waals surface area contributed by atoms with Crippen LogP contribution >= 0.6 is 0 Å². The number of oxazole rings is 1. The second-order valence-electron chi connectivity index (χ2n) is 5.27. The predicted molar refractivity (Wildman–Crippen MR) is 79.4 cm³/mol. The number of rotatable bonds is 3. The molecule has 3 rings (SSSR count). The maximum absolute atomic E-state index is 5.92. The van der Waals surface area contributed by atoms with Crippen molar-refractivity contribution in [1.29, 1.82) is 0 Å². The highest BCUT2D eigenvalue weighted by atomic mass is 16.3. The van der Waals surface area contributed by atoms with Gasteiger partial charge >= 0.3 is 0 Å². The first kappa shape index (κ1) is 12.9. The van der Waals surface area contributed by atoms with Gasteiger partial charge in [0.2, 0.25) is 5.89 Å². The molecule has 0 saturated heterocycles. The van der Waals surface area contributed by atoms with Crippen LogP contribution in [0.3, 0.4) is 0 Å². The molecule has 0 spiro atoms. The van der Waals surface area contributed by atoms with E-state index < -0.39 is 0 Å². The van der Waals surface area contributed by atoms with Crippen molar-refractivity contribution < 1.29 is 8.98 Å². The summed E-state index contributed by atoms with van der Waals surface area (Å²) in [4.78, 5) is 4.60. The highest BCUT2D eigenvalue weighted by molar-refractivity contribution is 5.79. The molecule has 0 saturated carbocycles. The number of benzene rings is 1. The molecule has 0 bridgehead atoms. The van der Waals surface area contributed by atoms with E-state index in [9.17, 15) is 0 Å². The Balaban J connectivity index is 2.03. The molecule has 1 aromatic carbocycles. The zero-order valence-corrected chi connectivity index (χ0v) is 12.2. The van der Waals surface area contributed by atoms with Crippen molar-refractivity contribution in [3.8, 4) is 11.5 Å². The van der Waals surface area contributed by atoms with Crippen molar-refractivity contribution in [1.82, 2.24) is 4.98 Å². The Morgan fingerprint density at radius 2 is 1.90 bits per heavy atom. The van der Waals surface area contributed by atoms with Crippen molar-refractivity contribution >= 4 is 11.1 Å². The van der Waals surface area contributed by atoms with Gasteiger partial charge in [-0.2, -0.15) is 0 Å². The maximum Gasteiger partial charge on any atom is 0.227 e. The molecule has 3 aromatic rings. The molecule has 0 aliphatic carbocycles. The molecule has 3 nitrogen and oxygen atoms in total. The lowest BCUT2D eigenvalue weighted by Crippen LogP contribution is -2.31. The van der Waals surface area contributed by atoms with E-state index >= 15 is 0 Å². The number of fused-ring (bicyclic) bond motifs is 1. The first-order valence-electron chi connectivity index (χ1n) is 7.04. The van der Waals surface area contributed by atoms with Gasteiger partial charge in [-0.05, 0) is 31.0 Å². The molecule has 0 aliphatic heterocycles. The number of hydrogen-bond acceptors (Lipinski definition) is 2. The summed E-state index contributed by atoms with van der Waals surface area (Å²) in [6.07, 6.45) is 5.28. The second-order valence-corrected chi connectivity index (χ2v) is 5.27. The standard InChI is InChI=1S/C17H19N2O/c1-4-7-19-8-5-14(6-9-19)17-18-15-11-12(2)10-13(3)16(15)20-17/h5-6,8-11H,4,7H2,1-3H3/q+1. The summed E-state index contributed by atoms with van der Waals surface area (Å²) in [7, 11) is 0. The zero-order valence-electron chi connectivity index (χ0n) is 12.2. The van der Waals surface area contributed by atoms with E-state index in [2.05, 4.69) is 67.0 Å². The van der Waals surface area contributed by atoms with Crippen LogP contribution in [0.15, 0.2) is 41.1 Å². The molecule has 3 heteroatoms. The smallest absolute Gasteiger partial charge is 0.227 e. The lowest BCUT2D eigenvalue weighted by atomic mass is 10.1. The van der Waals surface area contributed by atoms with E-state index in [4.69, 9.17) is 4.42 Å². The Kier molecular flexibility index (Phi) is 3.26. The van der Waals surface area contributed by atoms with Gasteiger partial charge in [0.25, 0.3) is 0 Å². The fourth-order valence-electron chi connectivity index (χ4n) is 2.51. The first-order chi connectivity index (χ1) is 9.67. The fourth-order valence-corrected chi connectivity index (χ4v) is 2.51. The average molecular weight is 267 g/mol. The van der Waals surface area contributed by atoms with Crippen LogP contribution in [0.5, 0.6) is 0 Å². The van der Waals surface area contributed by atoms with Gasteiger partial charge in [-0.3, -0.25) is 0 Å². The van der Waals surface area contributed by atoms with Crippen LogP contribution in [0.25, 0.3) is 22.6 Å². The largest absolute Gasteiger partial charge is 0.436 e. The highest BCUT2D eigenvalue weighted by Crippen LogP contribution is 2.26. The van der Waals surface area contributed by atoms with Crippen molar-refractivity contribution in [3.05, 3.63) is 47.8 Å². The summed E-state index contributed by atoms with van der Waals surface area (Å²) >= 11 is 0. The SMILES string of the molecule is CCC[n+]1ccc(-c2nc3cc(C)cc(C)c3o2)cc1. The summed E-state index contributed by atoms with van der Waals surface area (Å²) < 4.78 is 8.09. The lowest BCUT2D eigenvalue weighted by Gasteiger charge is -1.96. The van der Waals surface area contributed by atoms with Crippen molar-refractivity contribution in [3.63, 3.8) is 0 Å². The summed E-state index contributed by atoms with van der Waals surface area (Å²) in [5, 5.41) is 0. The van der Waals surface area contributed by atoms with E-state index in [0.717, 1.165) is 35.2 Å². The average Bonchev–Trinajstić information content (AvgIpc) is 2.84. The maximum atomic E-state index is 5.92. The first-order valence-corrected chi connectivity index (χ1v) is 7.04. The normalized spacial score (nSPS) is 11.2. The molecule has 0 aliphatic rings. The van der Waals surface area contributed by atoms with Crippen LogP contribution < -0.4 is 4.57 Å². The van der Waals surface area contributed by atoms with E-state index in [0.29, 0.717) is 5.89 Å². The van der Waals surface area contributed by atoms with E-state index in [1.54, 1.807) is 0 Å².